The van der Waals surface area contributed by atoms with E-state index in [0.29, 0.717) is 6.42 Å². The standard InChI is InChI=1S/C15H19N5/c1-15(2,3)10-19-12-9-18-14-13(20-12)11(8-17-14)6-4-5-7-16/h4-5,8-9H,6,10H2,1-3H3,(H,17,18)(H,19,20)/b5-4-. The Morgan fingerprint density at radius 3 is 2.95 bits per heavy atom. The average molecular weight is 269 g/mol. The number of nitrogens with zero attached hydrogens (tertiary/aromatic N) is 3. The highest BCUT2D eigenvalue weighted by molar-refractivity contribution is 5.76. The molecule has 0 aromatic carbocycles. The Kier molecular flexibility index (Phi) is 4.04. The molecule has 2 heterocycles. The summed E-state index contributed by atoms with van der Waals surface area (Å²) in [6, 6.07) is 1.99. The van der Waals surface area contributed by atoms with E-state index in [9.17, 15) is 0 Å². The van der Waals surface area contributed by atoms with Crippen molar-refractivity contribution < 1.29 is 0 Å². The van der Waals surface area contributed by atoms with Gasteiger partial charge in [0.05, 0.1) is 12.3 Å². The van der Waals surface area contributed by atoms with Crippen molar-refractivity contribution >= 4 is 17.0 Å². The summed E-state index contributed by atoms with van der Waals surface area (Å²) in [5.74, 6) is 0.775. The van der Waals surface area contributed by atoms with Gasteiger partial charge < -0.3 is 10.3 Å². The van der Waals surface area contributed by atoms with Gasteiger partial charge in [0, 0.05) is 24.4 Å². The predicted octanol–water partition coefficient (Wildman–Crippen LogP) is 3.04. The van der Waals surface area contributed by atoms with Gasteiger partial charge >= 0.3 is 0 Å². The number of allylic oxidation sites excluding steroid dienone is 2. The van der Waals surface area contributed by atoms with E-state index in [-0.39, 0.29) is 5.41 Å². The monoisotopic (exact) mass is 269 g/mol. The lowest BCUT2D eigenvalue weighted by Crippen LogP contribution is -2.19. The van der Waals surface area contributed by atoms with Gasteiger partial charge in [-0.3, -0.25) is 0 Å². The topological polar surface area (TPSA) is 77.4 Å². The molecule has 0 radical (unpaired) electrons. The molecular formula is C15H19N5. The minimum absolute atomic E-state index is 0.188. The lowest BCUT2D eigenvalue weighted by molar-refractivity contribution is 0.442. The van der Waals surface area contributed by atoms with Gasteiger partial charge in [0.1, 0.15) is 11.3 Å². The SMILES string of the molecule is CC(C)(C)CNc1cnc2[nH]cc(C/C=C\C#N)c2n1. The summed E-state index contributed by atoms with van der Waals surface area (Å²) in [5, 5.41) is 11.8. The quantitative estimate of drug-likeness (QED) is 0.836. The van der Waals surface area contributed by atoms with E-state index >= 15 is 0 Å². The lowest BCUT2D eigenvalue weighted by Gasteiger charge is -2.18. The van der Waals surface area contributed by atoms with Crippen molar-refractivity contribution in [3.05, 3.63) is 30.1 Å². The number of aromatic amines is 1. The minimum Gasteiger partial charge on any atom is -0.368 e. The van der Waals surface area contributed by atoms with E-state index in [1.54, 1.807) is 6.20 Å². The maximum atomic E-state index is 8.52. The van der Waals surface area contributed by atoms with Crippen LogP contribution in [-0.4, -0.2) is 21.5 Å². The Balaban J connectivity index is 2.21. The van der Waals surface area contributed by atoms with Crippen LogP contribution in [0.15, 0.2) is 24.5 Å². The third-order valence-corrected chi connectivity index (χ3v) is 2.79. The molecule has 0 aliphatic carbocycles. The summed E-state index contributed by atoms with van der Waals surface area (Å²) in [7, 11) is 0. The predicted molar refractivity (Wildman–Crippen MR) is 80.3 cm³/mol. The van der Waals surface area contributed by atoms with E-state index in [1.807, 2.05) is 18.3 Å². The minimum atomic E-state index is 0.188. The second-order valence-electron chi connectivity index (χ2n) is 5.92. The zero-order chi connectivity index (χ0) is 14.6. The van der Waals surface area contributed by atoms with Crippen molar-refractivity contribution in [2.75, 3.05) is 11.9 Å². The van der Waals surface area contributed by atoms with Crippen molar-refractivity contribution in [2.24, 2.45) is 5.41 Å². The summed E-state index contributed by atoms with van der Waals surface area (Å²) in [5.41, 5.74) is 2.85. The van der Waals surface area contributed by atoms with Crippen LogP contribution in [0.25, 0.3) is 11.2 Å². The molecule has 0 spiro atoms. The van der Waals surface area contributed by atoms with E-state index < -0.39 is 0 Å². The normalized spacial score (nSPS) is 11.9. The van der Waals surface area contributed by atoms with Crippen LogP contribution in [0.4, 0.5) is 5.82 Å². The zero-order valence-corrected chi connectivity index (χ0v) is 12.1. The maximum absolute atomic E-state index is 8.52. The molecule has 20 heavy (non-hydrogen) atoms. The number of hydrogen-bond acceptors (Lipinski definition) is 4. The second-order valence-corrected chi connectivity index (χ2v) is 5.92. The fourth-order valence-corrected chi connectivity index (χ4v) is 1.78. The summed E-state index contributed by atoms with van der Waals surface area (Å²) in [6.07, 6.45) is 7.60. The molecule has 0 saturated carbocycles. The van der Waals surface area contributed by atoms with Crippen LogP contribution < -0.4 is 5.32 Å². The number of nitrogens with one attached hydrogen (secondary N) is 2. The average Bonchev–Trinajstić information content (AvgIpc) is 2.79. The van der Waals surface area contributed by atoms with E-state index in [2.05, 4.69) is 41.0 Å². The van der Waals surface area contributed by atoms with Crippen molar-refractivity contribution in [2.45, 2.75) is 27.2 Å². The van der Waals surface area contributed by atoms with Crippen LogP contribution in [0.5, 0.6) is 0 Å². The molecule has 2 aromatic rings. The van der Waals surface area contributed by atoms with E-state index in [1.165, 1.54) is 6.08 Å². The third-order valence-electron chi connectivity index (χ3n) is 2.79. The van der Waals surface area contributed by atoms with Crippen LogP contribution >= 0.6 is 0 Å². The molecule has 0 bridgehead atoms. The molecule has 0 atom stereocenters. The zero-order valence-electron chi connectivity index (χ0n) is 12.1. The molecule has 0 aliphatic heterocycles. The van der Waals surface area contributed by atoms with E-state index in [4.69, 9.17) is 5.26 Å². The highest BCUT2D eigenvalue weighted by Gasteiger charge is 2.11. The van der Waals surface area contributed by atoms with Crippen LogP contribution in [0, 0.1) is 16.7 Å². The molecule has 5 heteroatoms. The molecule has 2 rings (SSSR count). The molecule has 0 amide bonds. The Morgan fingerprint density at radius 2 is 2.25 bits per heavy atom. The summed E-state index contributed by atoms with van der Waals surface area (Å²) >= 11 is 0. The van der Waals surface area contributed by atoms with Gasteiger partial charge in [-0.2, -0.15) is 5.26 Å². The van der Waals surface area contributed by atoms with Gasteiger partial charge in [-0.1, -0.05) is 26.8 Å². The van der Waals surface area contributed by atoms with Crippen LogP contribution in [0.2, 0.25) is 0 Å². The van der Waals surface area contributed by atoms with Crippen molar-refractivity contribution in [1.82, 2.24) is 15.0 Å². The maximum Gasteiger partial charge on any atom is 0.156 e. The van der Waals surface area contributed by atoms with Gasteiger partial charge in [-0.05, 0) is 11.8 Å². The Bertz CT molecular complexity index is 655. The summed E-state index contributed by atoms with van der Waals surface area (Å²) in [4.78, 5) is 12.1. The molecule has 104 valence electrons. The summed E-state index contributed by atoms with van der Waals surface area (Å²) < 4.78 is 0. The first-order chi connectivity index (χ1) is 9.49. The first kappa shape index (κ1) is 14.1. The van der Waals surface area contributed by atoms with Crippen LogP contribution in [0.1, 0.15) is 26.3 Å². The van der Waals surface area contributed by atoms with E-state index in [0.717, 1.165) is 29.1 Å². The van der Waals surface area contributed by atoms with Crippen LogP contribution in [0.3, 0.4) is 0 Å². The first-order valence-corrected chi connectivity index (χ1v) is 6.61. The second kappa shape index (κ2) is 5.74. The molecule has 0 unspecified atom stereocenters. The van der Waals surface area contributed by atoms with Crippen molar-refractivity contribution in [3.8, 4) is 6.07 Å². The van der Waals surface area contributed by atoms with Crippen molar-refractivity contribution in [3.63, 3.8) is 0 Å². The highest BCUT2D eigenvalue weighted by atomic mass is 15.0. The summed E-state index contributed by atoms with van der Waals surface area (Å²) in [6.45, 7) is 7.34. The fourth-order valence-electron chi connectivity index (χ4n) is 1.78. The van der Waals surface area contributed by atoms with Gasteiger partial charge in [-0.15, -0.1) is 0 Å². The Hall–Kier alpha value is -2.35. The van der Waals surface area contributed by atoms with Gasteiger partial charge in [0.2, 0.25) is 0 Å². The molecular weight excluding hydrogens is 250 g/mol. The number of hydrogen-bond donors (Lipinski definition) is 2. The molecule has 0 fully saturated rings. The number of H-pyrrole nitrogens is 1. The number of rotatable bonds is 4. The molecule has 2 N–H and O–H groups in total. The van der Waals surface area contributed by atoms with Crippen LogP contribution in [-0.2, 0) is 6.42 Å². The number of aromatic nitrogens is 3. The lowest BCUT2D eigenvalue weighted by atomic mass is 9.97. The number of anilines is 1. The molecule has 5 nitrogen and oxygen atoms in total. The number of fused-ring (bicyclic) bond motifs is 1. The molecule has 0 saturated heterocycles. The molecule has 2 aromatic heterocycles. The first-order valence-electron chi connectivity index (χ1n) is 6.61. The third kappa shape index (κ3) is 3.58. The fraction of sp³-hybridized carbons (Fsp3) is 0.400. The van der Waals surface area contributed by atoms with Gasteiger partial charge in [-0.25, -0.2) is 9.97 Å². The Labute approximate surface area is 118 Å². The number of nitriles is 1. The van der Waals surface area contributed by atoms with Gasteiger partial charge in [0.15, 0.2) is 5.65 Å². The van der Waals surface area contributed by atoms with Gasteiger partial charge in [0.25, 0.3) is 0 Å². The molecule has 0 aliphatic rings. The Morgan fingerprint density at radius 1 is 1.45 bits per heavy atom. The highest BCUT2D eigenvalue weighted by Crippen LogP contribution is 2.18. The van der Waals surface area contributed by atoms with Crippen molar-refractivity contribution in [1.29, 1.82) is 5.26 Å². The largest absolute Gasteiger partial charge is 0.368 e. The smallest absolute Gasteiger partial charge is 0.156 e.